The zero-order valence-electron chi connectivity index (χ0n) is 16.7. The molecule has 0 atom stereocenters. The quantitative estimate of drug-likeness (QED) is 0.427. The highest BCUT2D eigenvalue weighted by Gasteiger charge is 2.22. The topological polar surface area (TPSA) is 46.1 Å². The number of ether oxygens (including phenoxy) is 2. The van der Waals surface area contributed by atoms with Gasteiger partial charge in [-0.3, -0.25) is 4.99 Å². The van der Waals surface area contributed by atoms with Gasteiger partial charge in [-0.2, -0.15) is 0 Å². The largest absolute Gasteiger partial charge is 0.490 e. The predicted octanol–water partition coefficient (Wildman–Crippen LogP) is 3.84. The number of hydrogen-bond donors (Lipinski definition) is 1. The lowest BCUT2D eigenvalue weighted by Gasteiger charge is -2.34. The zero-order valence-corrected chi connectivity index (χ0v) is 16.7. The lowest BCUT2D eigenvalue weighted by molar-refractivity contribution is 0.0578. The number of benzene rings is 1. The van der Waals surface area contributed by atoms with E-state index in [1.807, 2.05) is 30.3 Å². The molecule has 1 saturated heterocycles. The van der Waals surface area contributed by atoms with Crippen LogP contribution in [0.2, 0.25) is 0 Å². The summed E-state index contributed by atoms with van der Waals surface area (Å²) in [6.45, 7) is 6.67. The molecule has 2 fully saturated rings. The summed E-state index contributed by atoms with van der Waals surface area (Å²) in [4.78, 5) is 7.19. The second kappa shape index (κ2) is 11.2. The molecule has 1 saturated carbocycles. The smallest absolute Gasteiger partial charge is 0.193 e. The van der Waals surface area contributed by atoms with Crippen LogP contribution >= 0.6 is 0 Å². The fourth-order valence-corrected chi connectivity index (χ4v) is 3.86. The molecule has 2 aliphatic rings. The molecule has 1 aromatic rings. The average molecular weight is 374 g/mol. The van der Waals surface area contributed by atoms with Crippen LogP contribution in [0.5, 0.6) is 5.75 Å². The minimum atomic E-state index is 0.298. The van der Waals surface area contributed by atoms with Gasteiger partial charge < -0.3 is 19.7 Å². The van der Waals surface area contributed by atoms with Crippen molar-refractivity contribution in [3.05, 3.63) is 30.3 Å². The summed E-state index contributed by atoms with van der Waals surface area (Å²) in [6.07, 6.45) is 9.01. The van der Waals surface area contributed by atoms with Crippen molar-refractivity contribution in [3.8, 4) is 5.75 Å². The maximum Gasteiger partial charge on any atom is 0.193 e. The number of aliphatic imine (C=N–C) groups is 1. The van der Waals surface area contributed by atoms with Crippen molar-refractivity contribution in [3.63, 3.8) is 0 Å². The molecule has 0 aromatic heterocycles. The lowest BCUT2D eigenvalue weighted by Crippen LogP contribution is -2.47. The fourth-order valence-electron chi connectivity index (χ4n) is 3.86. The third-order valence-electron chi connectivity index (χ3n) is 5.34. The maximum absolute atomic E-state index is 6.10. The fraction of sp³-hybridized carbons (Fsp3) is 0.682. The summed E-state index contributed by atoms with van der Waals surface area (Å²) < 4.78 is 12.0. The van der Waals surface area contributed by atoms with E-state index in [0.717, 1.165) is 63.8 Å². The number of guanidine groups is 1. The van der Waals surface area contributed by atoms with Gasteiger partial charge in [-0.25, -0.2) is 0 Å². The summed E-state index contributed by atoms with van der Waals surface area (Å²) in [5.74, 6) is 2.01. The van der Waals surface area contributed by atoms with Crippen molar-refractivity contribution in [2.45, 2.75) is 64.1 Å². The molecule has 0 bridgehead atoms. The molecule has 1 aliphatic heterocycles. The molecule has 0 radical (unpaired) electrons. The predicted molar refractivity (Wildman–Crippen MR) is 110 cm³/mol. The Labute approximate surface area is 164 Å². The van der Waals surface area contributed by atoms with Crippen LogP contribution in [-0.4, -0.2) is 55.9 Å². The number of para-hydroxylation sites is 1. The summed E-state index contributed by atoms with van der Waals surface area (Å²) in [6, 6.07) is 10.1. The van der Waals surface area contributed by atoms with E-state index in [1.165, 1.54) is 25.7 Å². The van der Waals surface area contributed by atoms with Gasteiger partial charge in [-0.1, -0.05) is 31.0 Å². The summed E-state index contributed by atoms with van der Waals surface area (Å²) in [5, 5.41) is 3.44. The summed E-state index contributed by atoms with van der Waals surface area (Å²) in [7, 11) is 0. The Morgan fingerprint density at radius 3 is 2.52 bits per heavy atom. The van der Waals surface area contributed by atoms with Crippen molar-refractivity contribution < 1.29 is 9.47 Å². The monoisotopic (exact) mass is 373 g/mol. The van der Waals surface area contributed by atoms with E-state index >= 15 is 0 Å². The van der Waals surface area contributed by atoms with Gasteiger partial charge in [0.15, 0.2) is 5.96 Å². The van der Waals surface area contributed by atoms with E-state index < -0.39 is 0 Å². The van der Waals surface area contributed by atoms with Crippen LogP contribution in [0, 0.1) is 0 Å². The maximum atomic E-state index is 6.10. The molecule has 1 heterocycles. The molecule has 0 unspecified atom stereocenters. The van der Waals surface area contributed by atoms with E-state index in [9.17, 15) is 0 Å². The second-order valence-corrected chi connectivity index (χ2v) is 7.48. The molecule has 5 heteroatoms. The van der Waals surface area contributed by atoms with Crippen molar-refractivity contribution in [1.82, 2.24) is 10.2 Å². The van der Waals surface area contributed by atoms with Crippen LogP contribution in [-0.2, 0) is 4.74 Å². The van der Waals surface area contributed by atoms with E-state index in [4.69, 9.17) is 14.5 Å². The zero-order chi connectivity index (χ0) is 18.7. The first-order chi connectivity index (χ1) is 13.3. The Kier molecular flexibility index (Phi) is 8.28. The van der Waals surface area contributed by atoms with Gasteiger partial charge in [0.2, 0.25) is 0 Å². The summed E-state index contributed by atoms with van der Waals surface area (Å²) >= 11 is 0. The molecule has 1 aromatic carbocycles. The second-order valence-electron chi connectivity index (χ2n) is 7.48. The molecule has 1 N–H and O–H groups in total. The number of piperidine rings is 1. The molecule has 5 nitrogen and oxygen atoms in total. The van der Waals surface area contributed by atoms with Crippen LogP contribution < -0.4 is 10.1 Å². The van der Waals surface area contributed by atoms with Crippen molar-refractivity contribution in [2.75, 3.05) is 32.8 Å². The standard InChI is InChI=1S/C22H35N3O2/c1-2-23-22(24-15-8-18-26-19-9-6-7-10-19)25-16-13-21(14-17-25)27-20-11-4-3-5-12-20/h3-5,11-12,19,21H,2,6-10,13-18H2,1H3,(H,23,24). The van der Waals surface area contributed by atoms with E-state index in [2.05, 4.69) is 17.1 Å². The first-order valence-electron chi connectivity index (χ1n) is 10.7. The van der Waals surface area contributed by atoms with Gasteiger partial charge in [-0.05, 0) is 38.3 Å². The van der Waals surface area contributed by atoms with Gasteiger partial charge >= 0.3 is 0 Å². The van der Waals surface area contributed by atoms with Crippen molar-refractivity contribution in [2.24, 2.45) is 4.99 Å². The normalized spacial score (nSPS) is 19.4. The molecule has 1 aliphatic carbocycles. The third-order valence-corrected chi connectivity index (χ3v) is 5.34. The van der Waals surface area contributed by atoms with Crippen LogP contribution in [0.15, 0.2) is 35.3 Å². The Balaban J connectivity index is 1.38. The highest BCUT2D eigenvalue weighted by molar-refractivity contribution is 5.80. The number of nitrogens with zero attached hydrogens (tertiary/aromatic N) is 2. The first-order valence-corrected chi connectivity index (χ1v) is 10.7. The highest BCUT2D eigenvalue weighted by Crippen LogP contribution is 2.21. The van der Waals surface area contributed by atoms with Gasteiger partial charge in [-0.15, -0.1) is 0 Å². The molecule has 3 rings (SSSR count). The van der Waals surface area contributed by atoms with Gasteiger partial charge in [0, 0.05) is 45.6 Å². The molecular formula is C22H35N3O2. The Morgan fingerprint density at radius 1 is 1.07 bits per heavy atom. The Hall–Kier alpha value is -1.75. The number of rotatable bonds is 8. The molecule has 150 valence electrons. The number of nitrogens with one attached hydrogen (secondary N) is 1. The number of hydrogen-bond acceptors (Lipinski definition) is 3. The molecule has 27 heavy (non-hydrogen) atoms. The molecular weight excluding hydrogens is 338 g/mol. The van der Waals surface area contributed by atoms with Crippen LogP contribution in [0.4, 0.5) is 0 Å². The highest BCUT2D eigenvalue weighted by atomic mass is 16.5. The molecule has 0 amide bonds. The van der Waals surface area contributed by atoms with Crippen molar-refractivity contribution >= 4 is 5.96 Å². The number of likely N-dealkylation sites (tertiary alicyclic amines) is 1. The minimum absolute atomic E-state index is 0.298. The Bertz CT molecular complexity index is 550. The minimum Gasteiger partial charge on any atom is -0.490 e. The van der Waals surface area contributed by atoms with Gasteiger partial charge in [0.1, 0.15) is 11.9 Å². The van der Waals surface area contributed by atoms with E-state index in [0.29, 0.717) is 12.2 Å². The Morgan fingerprint density at radius 2 is 1.81 bits per heavy atom. The summed E-state index contributed by atoms with van der Waals surface area (Å²) in [5.41, 5.74) is 0. The van der Waals surface area contributed by atoms with Crippen LogP contribution in [0.25, 0.3) is 0 Å². The average Bonchev–Trinajstić information content (AvgIpc) is 3.22. The van der Waals surface area contributed by atoms with Crippen LogP contribution in [0.3, 0.4) is 0 Å². The third kappa shape index (κ3) is 6.73. The SMILES string of the molecule is CCNC(=NCCCOC1CCCC1)N1CCC(Oc2ccccc2)CC1. The molecule has 0 spiro atoms. The van der Waals surface area contributed by atoms with Crippen molar-refractivity contribution in [1.29, 1.82) is 0 Å². The van der Waals surface area contributed by atoms with E-state index in [1.54, 1.807) is 0 Å². The lowest BCUT2D eigenvalue weighted by atomic mass is 10.1. The van der Waals surface area contributed by atoms with Crippen LogP contribution in [0.1, 0.15) is 51.9 Å². The van der Waals surface area contributed by atoms with Gasteiger partial charge in [0.25, 0.3) is 0 Å². The first kappa shape index (κ1) is 20.0. The van der Waals surface area contributed by atoms with Gasteiger partial charge in [0.05, 0.1) is 6.10 Å². The van der Waals surface area contributed by atoms with E-state index in [-0.39, 0.29) is 0 Å².